The van der Waals surface area contributed by atoms with Crippen molar-refractivity contribution in [3.63, 3.8) is 0 Å². The molecule has 0 amide bonds. The molecule has 0 atom stereocenters. The van der Waals surface area contributed by atoms with Crippen molar-refractivity contribution in [1.29, 1.82) is 0 Å². The Morgan fingerprint density at radius 3 is 2.15 bits per heavy atom. The summed E-state index contributed by atoms with van der Waals surface area (Å²) >= 11 is 0. The molecule has 0 aromatic heterocycles. The Hall–Kier alpha value is -0.960. The Bertz CT molecular complexity index is 397. The van der Waals surface area contributed by atoms with Crippen LogP contribution in [0.5, 0.6) is 0 Å². The summed E-state index contributed by atoms with van der Waals surface area (Å²) in [6.45, 7) is 10.9. The summed E-state index contributed by atoms with van der Waals surface area (Å²) in [6.07, 6.45) is 1.64. The molecule has 0 unspecified atom stereocenters. The summed E-state index contributed by atoms with van der Waals surface area (Å²) < 4.78 is 35.6. The maximum absolute atomic E-state index is 10.9. The van der Waals surface area contributed by atoms with Gasteiger partial charge in [-0.15, -0.1) is 0 Å². The van der Waals surface area contributed by atoms with Crippen LogP contribution in [0, 0.1) is 0 Å². The maximum Gasteiger partial charge on any atom is 0.397 e. The van der Waals surface area contributed by atoms with Crippen molar-refractivity contribution < 1.29 is 26.7 Å². The van der Waals surface area contributed by atoms with Crippen LogP contribution in [0.2, 0.25) is 0 Å². The molecular weight excluding hydrogens is 286 g/mol. The van der Waals surface area contributed by atoms with Crippen molar-refractivity contribution in [2.45, 2.75) is 46.1 Å². The third kappa shape index (κ3) is 19.4. The normalized spacial score (nSPS) is 11.3. The summed E-state index contributed by atoms with van der Waals surface area (Å²) in [4.78, 5) is 10.9. The average Bonchev–Trinajstić information content (AvgIpc) is 2.21. The molecule has 20 heavy (non-hydrogen) atoms. The number of hydrogen-bond acceptors (Lipinski definition) is 6. The van der Waals surface area contributed by atoms with Crippen LogP contribution in [0.15, 0.2) is 12.2 Å². The molecule has 0 aliphatic carbocycles. The van der Waals surface area contributed by atoms with Crippen LogP contribution < -0.4 is 5.73 Å². The second kappa shape index (κ2) is 9.87. The van der Waals surface area contributed by atoms with Crippen molar-refractivity contribution >= 4 is 16.4 Å². The highest BCUT2D eigenvalue weighted by Gasteiger charge is 2.10. The van der Waals surface area contributed by atoms with Crippen molar-refractivity contribution in [3.8, 4) is 0 Å². The highest BCUT2D eigenvalue weighted by Crippen LogP contribution is 2.07. The van der Waals surface area contributed by atoms with E-state index in [0.29, 0.717) is 12.2 Å². The molecule has 0 aliphatic heterocycles. The predicted octanol–water partition coefficient (Wildman–Crippen LogP) is 1.45. The minimum atomic E-state index is -4.17. The van der Waals surface area contributed by atoms with E-state index in [-0.39, 0.29) is 18.1 Å². The first kappa shape index (κ1) is 21.3. The molecule has 0 fully saturated rings. The van der Waals surface area contributed by atoms with Crippen LogP contribution in [0.25, 0.3) is 0 Å². The second-order valence-electron chi connectivity index (χ2n) is 4.84. The Balaban J connectivity index is 0. The summed E-state index contributed by atoms with van der Waals surface area (Å²) in [5, 5.41) is 0. The van der Waals surface area contributed by atoms with Crippen molar-refractivity contribution in [3.05, 3.63) is 12.2 Å². The van der Waals surface area contributed by atoms with Gasteiger partial charge in [0.05, 0.1) is 13.2 Å². The minimum absolute atomic E-state index is 0.0289. The molecular formula is C12H25NO6S. The number of esters is 1. The molecule has 0 saturated heterocycles. The molecule has 0 radical (unpaired) electrons. The molecule has 0 saturated carbocycles. The maximum atomic E-state index is 10.9. The molecule has 0 aromatic rings. The number of carbonyl (C=O) groups is 1. The molecule has 0 aromatic carbocycles. The van der Waals surface area contributed by atoms with E-state index in [1.54, 1.807) is 6.92 Å². The minimum Gasteiger partial charge on any atom is -0.462 e. The van der Waals surface area contributed by atoms with Gasteiger partial charge in [-0.1, -0.05) is 6.58 Å². The first-order valence-electron chi connectivity index (χ1n) is 6.12. The van der Waals surface area contributed by atoms with Gasteiger partial charge < -0.3 is 10.5 Å². The molecule has 0 spiro atoms. The number of nitrogens with two attached hydrogens (primary N) is 1. The van der Waals surface area contributed by atoms with Crippen molar-refractivity contribution in [2.75, 3.05) is 13.2 Å². The van der Waals surface area contributed by atoms with Crippen LogP contribution in [0.1, 0.15) is 40.5 Å². The quantitative estimate of drug-likeness (QED) is 0.316. The van der Waals surface area contributed by atoms with Gasteiger partial charge in [-0.25, -0.2) is 8.98 Å². The van der Waals surface area contributed by atoms with Gasteiger partial charge in [-0.2, -0.15) is 8.42 Å². The van der Waals surface area contributed by atoms with E-state index in [9.17, 15) is 13.2 Å². The lowest BCUT2D eigenvalue weighted by molar-refractivity contribution is -0.139. The summed E-state index contributed by atoms with van der Waals surface area (Å²) in [7, 11) is -4.17. The molecule has 0 heterocycles. The Kier molecular flexibility index (Phi) is 10.5. The third-order valence-electron chi connectivity index (χ3n) is 1.81. The average molecular weight is 311 g/mol. The Labute approximate surface area is 121 Å². The summed E-state index contributed by atoms with van der Waals surface area (Å²) in [5.74, 6) is -0.324. The molecule has 8 heteroatoms. The van der Waals surface area contributed by atoms with Crippen LogP contribution in [-0.4, -0.2) is 37.7 Å². The van der Waals surface area contributed by atoms with Gasteiger partial charge in [0.1, 0.15) is 0 Å². The van der Waals surface area contributed by atoms with Crippen LogP contribution in [0.3, 0.4) is 0 Å². The predicted molar refractivity (Wildman–Crippen MR) is 76.4 cm³/mol. The molecule has 7 nitrogen and oxygen atoms in total. The monoisotopic (exact) mass is 311 g/mol. The molecule has 120 valence electrons. The van der Waals surface area contributed by atoms with Gasteiger partial charge in [-0.3, -0.25) is 4.55 Å². The zero-order chi connectivity index (χ0) is 16.4. The largest absolute Gasteiger partial charge is 0.462 e. The van der Waals surface area contributed by atoms with Gasteiger partial charge in [0, 0.05) is 11.1 Å². The topological polar surface area (TPSA) is 116 Å². The SMILES string of the molecule is C=C(C)C(=O)OCCCC(C)(C)N.CCOS(=O)(=O)O. The van der Waals surface area contributed by atoms with Crippen LogP contribution >= 0.6 is 0 Å². The lowest BCUT2D eigenvalue weighted by Gasteiger charge is -2.17. The molecule has 0 rings (SSSR count). The highest BCUT2D eigenvalue weighted by molar-refractivity contribution is 7.80. The number of carbonyl (C=O) groups excluding carboxylic acids is 1. The second-order valence-corrected chi connectivity index (χ2v) is 5.93. The first-order chi connectivity index (χ1) is 8.89. The van der Waals surface area contributed by atoms with Crippen molar-refractivity contribution in [2.24, 2.45) is 5.73 Å². The fourth-order valence-electron chi connectivity index (χ4n) is 0.965. The lowest BCUT2D eigenvalue weighted by Crippen LogP contribution is -2.32. The van der Waals surface area contributed by atoms with Crippen LogP contribution in [-0.2, 0) is 24.1 Å². The number of ether oxygens (including phenoxy) is 1. The van der Waals surface area contributed by atoms with Crippen LogP contribution in [0.4, 0.5) is 0 Å². The third-order valence-corrected chi connectivity index (χ3v) is 2.35. The fourth-order valence-corrected chi connectivity index (χ4v) is 1.26. The standard InChI is InChI=1S/C10H19NO2.C2H6O4S/c1-8(2)9(12)13-7-5-6-10(3,4)11;1-2-6-7(3,4)5/h1,5-7,11H2,2-4H3;2H2,1H3,(H,3,4,5). The van der Waals surface area contributed by atoms with E-state index in [2.05, 4.69) is 10.8 Å². The highest BCUT2D eigenvalue weighted by atomic mass is 32.3. The summed E-state index contributed by atoms with van der Waals surface area (Å²) in [6, 6.07) is 0. The Morgan fingerprint density at radius 1 is 1.40 bits per heavy atom. The zero-order valence-corrected chi connectivity index (χ0v) is 13.3. The smallest absolute Gasteiger partial charge is 0.397 e. The van der Waals surface area contributed by atoms with Crippen molar-refractivity contribution in [1.82, 2.24) is 0 Å². The van der Waals surface area contributed by atoms with Gasteiger partial charge >= 0.3 is 16.4 Å². The van der Waals surface area contributed by atoms with E-state index in [1.165, 1.54) is 6.92 Å². The van der Waals surface area contributed by atoms with E-state index in [4.69, 9.17) is 15.0 Å². The van der Waals surface area contributed by atoms with Gasteiger partial charge in [0.2, 0.25) is 0 Å². The van der Waals surface area contributed by atoms with E-state index in [0.717, 1.165) is 12.8 Å². The lowest BCUT2D eigenvalue weighted by atomic mass is 10.0. The Morgan fingerprint density at radius 2 is 1.90 bits per heavy atom. The van der Waals surface area contributed by atoms with Gasteiger partial charge in [0.15, 0.2) is 0 Å². The molecule has 0 bridgehead atoms. The number of hydrogen-bond donors (Lipinski definition) is 2. The van der Waals surface area contributed by atoms with Gasteiger partial charge in [-0.05, 0) is 40.5 Å². The number of rotatable bonds is 7. The van der Waals surface area contributed by atoms with E-state index in [1.807, 2.05) is 13.8 Å². The van der Waals surface area contributed by atoms with Gasteiger partial charge in [0.25, 0.3) is 0 Å². The van der Waals surface area contributed by atoms with E-state index >= 15 is 0 Å². The molecule has 3 N–H and O–H groups in total. The van der Waals surface area contributed by atoms with E-state index < -0.39 is 10.4 Å². The summed E-state index contributed by atoms with van der Waals surface area (Å²) in [5.41, 5.74) is 6.01. The molecule has 0 aliphatic rings. The fraction of sp³-hybridized carbons (Fsp3) is 0.750. The zero-order valence-electron chi connectivity index (χ0n) is 12.5. The first-order valence-corrected chi connectivity index (χ1v) is 7.49.